The normalized spacial score (nSPS) is 18.6. The summed E-state index contributed by atoms with van der Waals surface area (Å²) in [5.41, 5.74) is 2.76. The van der Waals surface area contributed by atoms with Gasteiger partial charge in [0.25, 0.3) is 0 Å². The number of halogens is 1. The molecule has 1 amide bonds. The number of hydrogen-bond donors (Lipinski definition) is 0. The number of nitrogens with zero attached hydrogens (tertiary/aromatic N) is 4. The van der Waals surface area contributed by atoms with E-state index < -0.39 is 0 Å². The second-order valence-corrected chi connectivity index (χ2v) is 8.41. The molecule has 2 aromatic carbocycles. The van der Waals surface area contributed by atoms with Crippen molar-refractivity contribution in [3.05, 3.63) is 60.2 Å². The quantitative estimate of drug-likeness (QED) is 0.644. The zero-order chi connectivity index (χ0) is 21.2. The molecule has 0 unspecified atom stereocenters. The van der Waals surface area contributed by atoms with Gasteiger partial charge >= 0.3 is 0 Å². The fourth-order valence-electron chi connectivity index (χ4n) is 4.55. The molecule has 0 saturated carbocycles. The van der Waals surface area contributed by atoms with E-state index in [-0.39, 0.29) is 17.6 Å². The number of oxazole rings is 1. The molecule has 3 aromatic rings. The highest BCUT2D eigenvalue weighted by Gasteiger charge is 2.28. The highest BCUT2D eigenvalue weighted by molar-refractivity contribution is 5.78. The molecule has 0 atom stereocenters. The van der Waals surface area contributed by atoms with Crippen molar-refractivity contribution in [2.24, 2.45) is 0 Å². The lowest BCUT2D eigenvalue weighted by atomic mass is 9.96. The Morgan fingerprint density at radius 1 is 0.968 bits per heavy atom. The first-order valence-corrected chi connectivity index (χ1v) is 11.0. The molecule has 6 nitrogen and oxygen atoms in total. The molecule has 2 saturated heterocycles. The number of likely N-dealkylation sites (tertiary alicyclic amines) is 1. The van der Waals surface area contributed by atoms with E-state index in [9.17, 15) is 9.18 Å². The monoisotopic (exact) mass is 422 g/mol. The van der Waals surface area contributed by atoms with Crippen LogP contribution < -0.4 is 4.90 Å². The Kier molecular flexibility index (Phi) is 5.59. The first kappa shape index (κ1) is 20.0. The lowest BCUT2D eigenvalue weighted by Gasteiger charge is -2.37. The third kappa shape index (κ3) is 4.42. The van der Waals surface area contributed by atoms with Crippen LogP contribution in [0.15, 0.2) is 52.9 Å². The predicted octanol–water partition coefficient (Wildman–Crippen LogP) is 3.50. The smallest absolute Gasteiger partial charge is 0.236 e. The van der Waals surface area contributed by atoms with E-state index in [4.69, 9.17) is 4.42 Å². The molecule has 0 radical (unpaired) electrons. The number of para-hydroxylation sites is 2. The van der Waals surface area contributed by atoms with E-state index in [0.29, 0.717) is 6.54 Å². The summed E-state index contributed by atoms with van der Waals surface area (Å²) >= 11 is 0. The lowest BCUT2D eigenvalue weighted by molar-refractivity contribution is -0.133. The van der Waals surface area contributed by atoms with Gasteiger partial charge in [0.05, 0.1) is 6.54 Å². The second kappa shape index (κ2) is 8.67. The molecule has 31 heavy (non-hydrogen) atoms. The summed E-state index contributed by atoms with van der Waals surface area (Å²) in [4.78, 5) is 23.9. The lowest BCUT2D eigenvalue weighted by Crippen LogP contribution is -2.51. The minimum atomic E-state index is -0.215. The van der Waals surface area contributed by atoms with Crippen LogP contribution in [0.5, 0.6) is 0 Å². The van der Waals surface area contributed by atoms with Gasteiger partial charge in [0, 0.05) is 50.9 Å². The third-order valence-corrected chi connectivity index (χ3v) is 6.43. The molecule has 2 aliphatic rings. The number of amides is 1. The molecule has 0 N–H and O–H groups in total. The van der Waals surface area contributed by atoms with E-state index in [2.05, 4.69) is 14.8 Å². The van der Waals surface area contributed by atoms with Crippen LogP contribution in [0.1, 0.15) is 24.7 Å². The van der Waals surface area contributed by atoms with Crippen molar-refractivity contribution in [1.82, 2.24) is 14.8 Å². The number of benzene rings is 2. The van der Waals surface area contributed by atoms with E-state index in [0.717, 1.165) is 74.8 Å². The van der Waals surface area contributed by atoms with Gasteiger partial charge in [-0.25, -0.2) is 9.37 Å². The zero-order valence-electron chi connectivity index (χ0n) is 17.5. The van der Waals surface area contributed by atoms with Crippen molar-refractivity contribution in [1.29, 1.82) is 0 Å². The predicted molar refractivity (Wildman–Crippen MR) is 118 cm³/mol. The largest absolute Gasteiger partial charge is 0.440 e. The van der Waals surface area contributed by atoms with Crippen molar-refractivity contribution in [3.8, 4) is 0 Å². The summed E-state index contributed by atoms with van der Waals surface area (Å²) in [6.07, 6.45) is 1.77. The van der Waals surface area contributed by atoms with Gasteiger partial charge in [0.2, 0.25) is 5.91 Å². The number of carbonyl (C=O) groups excluding carboxylic acids is 1. The van der Waals surface area contributed by atoms with Crippen molar-refractivity contribution in [2.45, 2.75) is 18.8 Å². The van der Waals surface area contributed by atoms with Gasteiger partial charge < -0.3 is 14.2 Å². The maximum Gasteiger partial charge on any atom is 0.236 e. The van der Waals surface area contributed by atoms with Crippen molar-refractivity contribution in [3.63, 3.8) is 0 Å². The summed E-state index contributed by atoms with van der Waals surface area (Å²) in [5, 5.41) is 0. The van der Waals surface area contributed by atoms with Crippen LogP contribution in [-0.4, -0.2) is 66.5 Å². The summed E-state index contributed by atoms with van der Waals surface area (Å²) in [6.45, 7) is 5.32. The Labute approximate surface area is 181 Å². The zero-order valence-corrected chi connectivity index (χ0v) is 17.5. The highest BCUT2D eigenvalue weighted by atomic mass is 19.1. The number of piperidine rings is 1. The number of rotatable bonds is 4. The second-order valence-electron chi connectivity index (χ2n) is 8.41. The Morgan fingerprint density at radius 2 is 1.68 bits per heavy atom. The van der Waals surface area contributed by atoms with E-state index in [1.54, 1.807) is 0 Å². The van der Waals surface area contributed by atoms with Crippen molar-refractivity contribution < 1.29 is 13.6 Å². The minimum absolute atomic E-state index is 0.200. The van der Waals surface area contributed by atoms with Crippen LogP contribution in [0.3, 0.4) is 0 Å². The number of fused-ring (bicyclic) bond motifs is 1. The summed E-state index contributed by atoms with van der Waals surface area (Å²) in [5.74, 6) is 1.06. The SMILES string of the molecule is O=C(CN1CCN(c2ccc(F)cc2)CC1)N1CCC(c2nc3ccccc3o2)CC1. The van der Waals surface area contributed by atoms with Crippen LogP contribution in [0.25, 0.3) is 11.1 Å². The average molecular weight is 423 g/mol. The van der Waals surface area contributed by atoms with Crippen LogP contribution in [0, 0.1) is 5.82 Å². The molecule has 5 rings (SSSR count). The number of anilines is 1. The van der Waals surface area contributed by atoms with Gasteiger partial charge in [-0.15, -0.1) is 0 Å². The van der Waals surface area contributed by atoms with Crippen LogP contribution >= 0.6 is 0 Å². The Bertz CT molecular complexity index is 1000. The Hall–Kier alpha value is -2.93. The minimum Gasteiger partial charge on any atom is -0.440 e. The van der Waals surface area contributed by atoms with Gasteiger partial charge in [0.1, 0.15) is 11.3 Å². The molecular weight excluding hydrogens is 395 g/mol. The van der Waals surface area contributed by atoms with Gasteiger partial charge in [-0.3, -0.25) is 9.69 Å². The Morgan fingerprint density at radius 3 is 2.39 bits per heavy atom. The first-order chi connectivity index (χ1) is 15.2. The van der Waals surface area contributed by atoms with Crippen molar-refractivity contribution >= 4 is 22.7 Å². The average Bonchev–Trinajstić information content (AvgIpc) is 3.25. The van der Waals surface area contributed by atoms with Gasteiger partial charge in [-0.05, 0) is 49.2 Å². The van der Waals surface area contributed by atoms with Gasteiger partial charge in [-0.1, -0.05) is 12.1 Å². The molecule has 7 heteroatoms. The third-order valence-electron chi connectivity index (χ3n) is 6.43. The standard InChI is InChI=1S/C24H27FN4O2/c25-19-5-7-20(8-6-19)28-15-13-27(14-16-28)17-23(30)29-11-9-18(10-12-29)24-26-21-3-1-2-4-22(21)31-24/h1-8,18H,9-17H2. The van der Waals surface area contributed by atoms with E-state index in [1.807, 2.05) is 41.3 Å². The number of carbonyl (C=O) groups is 1. The van der Waals surface area contributed by atoms with Crippen LogP contribution in [0.4, 0.5) is 10.1 Å². The molecule has 3 heterocycles. The molecule has 2 fully saturated rings. The molecule has 0 bridgehead atoms. The fourth-order valence-corrected chi connectivity index (χ4v) is 4.55. The topological polar surface area (TPSA) is 52.8 Å². The number of piperazine rings is 1. The first-order valence-electron chi connectivity index (χ1n) is 11.0. The summed E-state index contributed by atoms with van der Waals surface area (Å²) in [7, 11) is 0. The maximum absolute atomic E-state index is 13.1. The molecular formula is C24H27FN4O2. The maximum atomic E-state index is 13.1. The van der Waals surface area contributed by atoms with Crippen LogP contribution in [0.2, 0.25) is 0 Å². The number of aromatic nitrogens is 1. The molecule has 162 valence electrons. The van der Waals surface area contributed by atoms with E-state index >= 15 is 0 Å². The molecule has 1 aromatic heterocycles. The fraction of sp³-hybridized carbons (Fsp3) is 0.417. The molecule has 0 aliphatic carbocycles. The van der Waals surface area contributed by atoms with Gasteiger partial charge in [0.15, 0.2) is 11.5 Å². The summed E-state index contributed by atoms with van der Waals surface area (Å²) in [6, 6.07) is 14.5. The number of hydrogen-bond acceptors (Lipinski definition) is 5. The molecule has 2 aliphatic heterocycles. The van der Waals surface area contributed by atoms with Crippen LogP contribution in [-0.2, 0) is 4.79 Å². The van der Waals surface area contributed by atoms with E-state index in [1.165, 1.54) is 12.1 Å². The van der Waals surface area contributed by atoms with Gasteiger partial charge in [-0.2, -0.15) is 0 Å². The highest BCUT2D eigenvalue weighted by Crippen LogP contribution is 2.30. The van der Waals surface area contributed by atoms with Crippen molar-refractivity contribution in [2.75, 3.05) is 50.7 Å². The summed E-state index contributed by atoms with van der Waals surface area (Å²) < 4.78 is 19.1. The Balaban J connectivity index is 1.10. The molecule has 0 spiro atoms.